The van der Waals surface area contributed by atoms with E-state index in [1.165, 1.54) is 23.3 Å². The molecule has 1 unspecified atom stereocenters. The summed E-state index contributed by atoms with van der Waals surface area (Å²) in [7, 11) is 0. The standard InChI is InChI=1S/C10H10N4O3S/c1-5(15)14-7-2-3-18-10(7)9(16)8(12-14)6-4-17-13-11-6/h2-3,6,12,16H,4H2,1H3. The average molecular weight is 266 g/mol. The fraction of sp³-hybridized carbons (Fsp3) is 0.300. The van der Waals surface area contributed by atoms with Crippen LogP contribution in [0.3, 0.4) is 0 Å². The molecule has 0 spiro atoms. The number of hydrogen-bond acceptors (Lipinski definition) is 7. The van der Waals surface area contributed by atoms with E-state index in [-0.39, 0.29) is 18.3 Å². The molecule has 0 aliphatic carbocycles. The van der Waals surface area contributed by atoms with Crippen molar-refractivity contribution in [1.82, 2.24) is 5.43 Å². The van der Waals surface area contributed by atoms with Gasteiger partial charge in [-0.1, -0.05) is 0 Å². The van der Waals surface area contributed by atoms with Gasteiger partial charge < -0.3 is 9.94 Å². The lowest BCUT2D eigenvalue weighted by atomic mass is 10.1. The highest BCUT2D eigenvalue weighted by Crippen LogP contribution is 2.37. The number of hydrogen-bond donors (Lipinski definition) is 2. The van der Waals surface area contributed by atoms with Crippen LogP contribution < -0.4 is 10.4 Å². The Kier molecular flexibility index (Phi) is 2.44. The molecule has 0 radical (unpaired) electrons. The molecule has 94 valence electrons. The van der Waals surface area contributed by atoms with E-state index in [1.54, 1.807) is 6.07 Å². The number of thiophene rings is 1. The molecule has 3 heterocycles. The van der Waals surface area contributed by atoms with Gasteiger partial charge in [-0.2, -0.15) is 0 Å². The summed E-state index contributed by atoms with van der Waals surface area (Å²) in [6, 6.07) is 1.36. The van der Waals surface area contributed by atoms with Gasteiger partial charge in [0.15, 0.2) is 11.8 Å². The topological polar surface area (TPSA) is 86.5 Å². The van der Waals surface area contributed by atoms with Crippen LogP contribution in [0.4, 0.5) is 5.69 Å². The van der Waals surface area contributed by atoms with Gasteiger partial charge in [-0.25, -0.2) is 5.01 Å². The van der Waals surface area contributed by atoms with Gasteiger partial charge in [0, 0.05) is 12.2 Å². The third-order valence-corrected chi connectivity index (χ3v) is 3.62. The molecule has 3 rings (SSSR count). The number of nitrogens with zero attached hydrogens (tertiary/aromatic N) is 3. The van der Waals surface area contributed by atoms with E-state index in [4.69, 9.17) is 4.84 Å². The van der Waals surface area contributed by atoms with Crippen LogP contribution in [0.2, 0.25) is 0 Å². The lowest BCUT2D eigenvalue weighted by Gasteiger charge is -2.30. The molecule has 0 bridgehead atoms. The maximum atomic E-state index is 11.6. The zero-order chi connectivity index (χ0) is 12.7. The van der Waals surface area contributed by atoms with Gasteiger partial charge in [0.2, 0.25) is 5.91 Å². The first kappa shape index (κ1) is 11.0. The largest absolute Gasteiger partial charge is 0.504 e. The SMILES string of the molecule is CC(=O)N1NC(C2CON=N2)=C(O)c2sccc21. The summed E-state index contributed by atoms with van der Waals surface area (Å²) in [6.07, 6.45) is 0. The highest BCUT2D eigenvalue weighted by molar-refractivity contribution is 7.11. The molecule has 2 N–H and O–H groups in total. The van der Waals surface area contributed by atoms with E-state index < -0.39 is 6.04 Å². The second-order valence-electron chi connectivity index (χ2n) is 3.87. The maximum absolute atomic E-state index is 11.6. The Morgan fingerprint density at radius 1 is 1.72 bits per heavy atom. The number of amides is 1. The molecule has 2 aliphatic rings. The zero-order valence-corrected chi connectivity index (χ0v) is 10.3. The minimum absolute atomic E-state index is 0.0898. The molecule has 0 saturated carbocycles. The van der Waals surface area contributed by atoms with Crippen molar-refractivity contribution in [2.75, 3.05) is 11.6 Å². The number of anilines is 1. The summed E-state index contributed by atoms with van der Waals surface area (Å²) >= 11 is 1.36. The van der Waals surface area contributed by atoms with E-state index in [0.29, 0.717) is 16.3 Å². The second-order valence-corrected chi connectivity index (χ2v) is 4.79. The number of aliphatic hydroxyl groups excluding tert-OH is 1. The van der Waals surface area contributed by atoms with Crippen molar-refractivity contribution in [3.8, 4) is 0 Å². The highest BCUT2D eigenvalue weighted by Gasteiger charge is 2.33. The van der Waals surface area contributed by atoms with Crippen LogP contribution >= 0.6 is 11.3 Å². The lowest BCUT2D eigenvalue weighted by Crippen LogP contribution is -2.46. The van der Waals surface area contributed by atoms with Gasteiger partial charge >= 0.3 is 0 Å². The normalized spacial score (nSPS) is 21.6. The molecule has 18 heavy (non-hydrogen) atoms. The van der Waals surface area contributed by atoms with E-state index >= 15 is 0 Å². The molecule has 1 aromatic rings. The second kappa shape index (κ2) is 3.98. The number of hydrazine groups is 1. The number of aliphatic hydroxyl groups is 1. The molecule has 1 aromatic heterocycles. The first-order valence-electron chi connectivity index (χ1n) is 5.29. The van der Waals surface area contributed by atoms with Crippen molar-refractivity contribution in [2.45, 2.75) is 13.0 Å². The Bertz CT molecular complexity index is 565. The van der Waals surface area contributed by atoms with E-state index in [1.807, 2.05) is 5.38 Å². The molecule has 2 aliphatic heterocycles. The van der Waals surface area contributed by atoms with Crippen LogP contribution in [0.15, 0.2) is 27.5 Å². The van der Waals surface area contributed by atoms with E-state index in [2.05, 4.69) is 15.8 Å². The number of fused-ring (bicyclic) bond motifs is 1. The van der Waals surface area contributed by atoms with Crippen molar-refractivity contribution < 1.29 is 14.7 Å². The average Bonchev–Trinajstić information content (AvgIpc) is 2.99. The van der Waals surface area contributed by atoms with Crippen molar-refractivity contribution in [3.05, 3.63) is 22.0 Å². The van der Waals surface area contributed by atoms with Crippen LogP contribution in [-0.4, -0.2) is 23.7 Å². The fourth-order valence-electron chi connectivity index (χ4n) is 1.86. The van der Waals surface area contributed by atoms with Gasteiger partial charge in [-0.05, 0) is 11.4 Å². The fourth-order valence-corrected chi connectivity index (χ4v) is 2.70. The van der Waals surface area contributed by atoms with Gasteiger partial charge in [-0.3, -0.25) is 10.2 Å². The molecule has 0 fully saturated rings. The third-order valence-electron chi connectivity index (χ3n) is 2.71. The Labute approximate surface area is 106 Å². The molecule has 8 heteroatoms. The molecule has 7 nitrogen and oxygen atoms in total. The summed E-state index contributed by atoms with van der Waals surface area (Å²) < 4.78 is 0. The van der Waals surface area contributed by atoms with Gasteiger partial charge in [-0.15, -0.1) is 16.5 Å². The summed E-state index contributed by atoms with van der Waals surface area (Å²) in [5, 5.41) is 20.7. The molecule has 1 amide bonds. The molecule has 0 aromatic carbocycles. The first-order valence-corrected chi connectivity index (χ1v) is 6.17. The van der Waals surface area contributed by atoms with Crippen LogP contribution in [0, 0.1) is 0 Å². The lowest BCUT2D eigenvalue weighted by molar-refractivity contribution is -0.117. The van der Waals surface area contributed by atoms with Crippen LogP contribution in [0.1, 0.15) is 11.8 Å². The van der Waals surface area contributed by atoms with Gasteiger partial charge in [0.1, 0.15) is 12.3 Å². The smallest absolute Gasteiger partial charge is 0.242 e. The predicted octanol–water partition coefficient (Wildman–Crippen LogP) is 1.61. The predicted molar refractivity (Wildman–Crippen MR) is 64.8 cm³/mol. The van der Waals surface area contributed by atoms with Crippen LogP contribution in [0.5, 0.6) is 0 Å². The monoisotopic (exact) mass is 266 g/mol. The number of rotatable bonds is 1. The summed E-state index contributed by atoms with van der Waals surface area (Å²) in [4.78, 5) is 17.0. The Morgan fingerprint density at radius 2 is 2.56 bits per heavy atom. The summed E-state index contributed by atoms with van der Waals surface area (Å²) in [6.45, 7) is 1.69. The van der Waals surface area contributed by atoms with Crippen LogP contribution in [-0.2, 0) is 9.63 Å². The third kappa shape index (κ3) is 1.53. The van der Waals surface area contributed by atoms with Crippen molar-refractivity contribution in [3.63, 3.8) is 0 Å². The molecular weight excluding hydrogens is 256 g/mol. The minimum Gasteiger partial charge on any atom is -0.504 e. The Hall–Kier alpha value is -2.09. The molecule has 1 atom stereocenters. The first-order chi connectivity index (χ1) is 8.68. The highest BCUT2D eigenvalue weighted by atomic mass is 32.1. The Balaban J connectivity index is 2.07. The van der Waals surface area contributed by atoms with Crippen molar-refractivity contribution in [1.29, 1.82) is 0 Å². The van der Waals surface area contributed by atoms with Gasteiger partial charge in [0.25, 0.3) is 0 Å². The van der Waals surface area contributed by atoms with Gasteiger partial charge in [0.05, 0.1) is 10.6 Å². The molecule has 0 saturated heterocycles. The summed E-state index contributed by atoms with van der Waals surface area (Å²) in [5.74, 6) is -0.0811. The number of carbonyl (C=O) groups excluding carboxylic acids is 1. The zero-order valence-electron chi connectivity index (χ0n) is 9.45. The minimum atomic E-state index is -0.415. The van der Waals surface area contributed by atoms with Crippen molar-refractivity contribution in [2.24, 2.45) is 10.4 Å². The van der Waals surface area contributed by atoms with E-state index in [0.717, 1.165) is 0 Å². The van der Waals surface area contributed by atoms with Crippen LogP contribution in [0.25, 0.3) is 5.76 Å². The summed E-state index contributed by atoms with van der Waals surface area (Å²) in [5.41, 5.74) is 3.95. The number of carbonyl (C=O) groups is 1. The molecular formula is C10H10N4O3S. The Morgan fingerprint density at radius 3 is 3.22 bits per heavy atom. The maximum Gasteiger partial charge on any atom is 0.242 e. The van der Waals surface area contributed by atoms with Crippen molar-refractivity contribution >= 4 is 28.7 Å². The quantitative estimate of drug-likeness (QED) is 0.808. The number of nitrogens with one attached hydrogen (secondary N) is 1. The van der Waals surface area contributed by atoms with E-state index in [9.17, 15) is 9.90 Å².